The number of benzene rings is 2. The van der Waals surface area contributed by atoms with Crippen molar-refractivity contribution in [3.05, 3.63) is 54.1 Å². The highest BCUT2D eigenvalue weighted by Crippen LogP contribution is 2.46. The molecule has 4 rings (SSSR count). The van der Waals surface area contributed by atoms with Gasteiger partial charge in [0.25, 0.3) is 0 Å². The minimum atomic E-state index is -4.13. The monoisotopic (exact) mass is 417 g/mol. The molecule has 0 aromatic heterocycles. The second kappa shape index (κ2) is 7.59. The first-order valence-electron chi connectivity index (χ1n) is 8.18. The highest BCUT2D eigenvalue weighted by atomic mass is 35.5. The lowest BCUT2D eigenvalue weighted by Crippen LogP contribution is -2.47. The Bertz CT molecular complexity index is 939. The predicted octanol–water partition coefficient (Wildman–Crippen LogP) is 2.58. The number of hydrogen-bond acceptors (Lipinski definition) is 4. The maximum atomic E-state index is 14.3. The summed E-state index contributed by atoms with van der Waals surface area (Å²) in [5.41, 5.74) is 0.341. The van der Waals surface area contributed by atoms with Crippen molar-refractivity contribution in [2.45, 2.75) is 6.10 Å². The number of para-hydroxylation sites is 2. The van der Waals surface area contributed by atoms with Crippen molar-refractivity contribution in [3.63, 3.8) is 0 Å². The fraction of sp³-hybridized carbons (Fsp3) is 0.294. The third-order valence-corrected chi connectivity index (χ3v) is 6.16. The molecule has 2 aliphatic heterocycles. The van der Waals surface area contributed by atoms with E-state index < -0.39 is 21.8 Å². The van der Waals surface area contributed by atoms with E-state index in [1.807, 2.05) is 0 Å². The van der Waals surface area contributed by atoms with Crippen LogP contribution in [0.1, 0.15) is 0 Å². The Morgan fingerprint density at radius 2 is 1.78 bits per heavy atom. The maximum absolute atomic E-state index is 14.3. The number of hydrogen-bond donors (Lipinski definition) is 1. The first kappa shape index (κ1) is 19.8. The number of ether oxygens (including phenoxy) is 1. The molecule has 2 heterocycles. The van der Waals surface area contributed by atoms with Crippen molar-refractivity contribution in [3.8, 4) is 0 Å². The number of rotatable bonds is 3. The third-order valence-electron chi connectivity index (χ3n) is 4.40. The van der Waals surface area contributed by atoms with E-state index in [9.17, 15) is 17.2 Å². The minimum absolute atomic E-state index is 0. The van der Waals surface area contributed by atoms with Crippen LogP contribution in [0, 0.1) is 11.6 Å². The van der Waals surface area contributed by atoms with Crippen LogP contribution in [0.2, 0.25) is 0 Å². The summed E-state index contributed by atoms with van der Waals surface area (Å²) in [4.78, 5) is 0. The summed E-state index contributed by atoms with van der Waals surface area (Å²) in [6.45, 7) is 1.80. The molecule has 2 aromatic rings. The zero-order valence-corrected chi connectivity index (χ0v) is 15.8. The topological polar surface area (TPSA) is 61.9 Å². The Labute approximate surface area is 162 Å². The van der Waals surface area contributed by atoms with Gasteiger partial charge in [0.15, 0.2) is 11.6 Å². The van der Waals surface area contributed by atoms with E-state index >= 15 is 0 Å². The Balaban J connectivity index is 0.00000210. The summed E-state index contributed by atoms with van der Waals surface area (Å²) in [5, 5.41) is 3.15. The summed E-state index contributed by atoms with van der Waals surface area (Å²) >= 11 is 0. The van der Waals surface area contributed by atoms with Crippen LogP contribution in [0.4, 0.5) is 25.8 Å². The van der Waals surface area contributed by atoms with Gasteiger partial charge in [0.1, 0.15) is 0 Å². The van der Waals surface area contributed by atoms with Crippen molar-refractivity contribution in [1.82, 2.24) is 5.32 Å². The number of nitrogens with zero attached hydrogens (tertiary/aromatic N) is 2. The second-order valence-electron chi connectivity index (χ2n) is 6.06. The highest BCUT2D eigenvalue weighted by Gasteiger charge is 2.43. The number of anilines is 3. The van der Waals surface area contributed by atoms with E-state index in [0.717, 1.165) is 10.4 Å². The van der Waals surface area contributed by atoms with Crippen molar-refractivity contribution >= 4 is 39.7 Å². The molecule has 6 nitrogen and oxygen atoms in total. The van der Waals surface area contributed by atoms with Crippen LogP contribution in [0.5, 0.6) is 0 Å². The van der Waals surface area contributed by atoms with Crippen LogP contribution < -0.4 is 13.9 Å². The summed E-state index contributed by atoms with van der Waals surface area (Å²) in [6, 6.07) is 10.0. The van der Waals surface area contributed by atoms with Gasteiger partial charge in [0.05, 0.1) is 36.3 Å². The van der Waals surface area contributed by atoms with Crippen LogP contribution in [-0.2, 0) is 14.9 Å². The molecule has 1 unspecified atom stereocenters. The fourth-order valence-corrected chi connectivity index (χ4v) is 4.96. The van der Waals surface area contributed by atoms with Crippen LogP contribution in [0.15, 0.2) is 42.5 Å². The zero-order chi connectivity index (χ0) is 18.3. The standard InChI is InChI=1S/C17H17F2N3O3S.ClH/c18-13-4-3-7-16(17(13)19)22-15-6-2-1-5-14(15)21(26(22,23)24)11-12-10-20-8-9-25-12;/h1-7,12,20H,8-11H2;1H. The molecule has 0 bridgehead atoms. The average molecular weight is 418 g/mol. The Morgan fingerprint density at radius 3 is 2.48 bits per heavy atom. The molecular formula is C17H18ClF2N3O3S. The summed E-state index contributed by atoms with van der Waals surface area (Å²) < 4.78 is 62.0. The van der Waals surface area contributed by atoms with E-state index in [1.165, 1.54) is 16.4 Å². The SMILES string of the molecule is Cl.O=S1(=O)N(CC2CNCCO2)c2ccccc2N1c1cccc(F)c1F. The van der Waals surface area contributed by atoms with E-state index in [1.54, 1.807) is 24.3 Å². The first-order chi connectivity index (χ1) is 12.5. The summed E-state index contributed by atoms with van der Waals surface area (Å²) in [6.07, 6.45) is -0.330. The van der Waals surface area contributed by atoms with Gasteiger partial charge in [0, 0.05) is 13.1 Å². The number of nitrogens with one attached hydrogen (secondary N) is 1. The molecule has 27 heavy (non-hydrogen) atoms. The lowest BCUT2D eigenvalue weighted by molar-refractivity contribution is 0.0353. The molecule has 0 radical (unpaired) electrons. The molecule has 1 N–H and O–H groups in total. The molecule has 0 spiro atoms. The van der Waals surface area contributed by atoms with E-state index in [2.05, 4.69) is 5.32 Å². The van der Waals surface area contributed by atoms with E-state index in [4.69, 9.17) is 4.74 Å². The Morgan fingerprint density at radius 1 is 1.07 bits per heavy atom. The quantitative estimate of drug-likeness (QED) is 0.833. The number of halogens is 3. The molecule has 1 fully saturated rings. The van der Waals surface area contributed by atoms with Gasteiger partial charge in [-0.1, -0.05) is 18.2 Å². The molecule has 1 saturated heterocycles. The van der Waals surface area contributed by atoms with Crippen molar-refractivity contribution in [2.24, 2.45) is 0 Å². The third kappa shape index (κ3) is 3.36. The Hall–Kier alpha value is -1.94. The molecule has 146 valence electrons. The van der Waals surface area contributed by atoms with Gasteiger partial charge in [-0.15, -0.1) is 12.4 Å². The van der Waals surface area contributed by atoms with Gasteiger partial charge in [-0.05, 0) is 24.3 Å². The normalized spacial score (nSPS) is 20.9. The minimum Gasteiger partial charge on any atom is -0.374 e. The predicted molar refractivity (Wildman–Crippen MR) is 101 cm³/mol. The van der Waals surface area contributed by atoms with Gasteiger partial charge in [-0.25, -0.2) is 17.4 Å². The van der Waals surface area contributed by atoms with Crippen LogP contribution in [0.25, 0.3) is 0 Å². The zero-order valence-electron chi connectivity index (χ0n) is 14.1. The lowest BCUT2D eigenvalue weighted by Gasteiger charge is -2.29. The van der Waals surface area contributed by atoms with E-state index in [0.29, 0.717) is 25.4 Å². The second-order valence-corrected chi connectivity index (χ2v) is 7.76. The first-order valence-corrected chi connectivity index (χ1v) is 9.58. The molecule has 0 amide bonds. The summed E-state index contributed by atoms with van der Waals surface area (Å²) in [7, 11) is -4.13. The molecule has 2 aliphatic rings. The highest BCUT2D eigenvalue weighted by molar-refractivity contribution is 7.95. The van der Waals surface area contributed by atoms with Crippen molar-refractivity contribution in [1.29, 1.82) is 0 Å². The summed E-state index contributed by atoms with van der Waals surface area (Å²) in [5.74, 6) is -2.31. The molecular weight excluding hydrogens is 400 g/mol. The molecule has 0 aliphatic carbocycles. The maximum Gasteiger partial charge on any atom is 0.331 e. The number of morpholine rings is 1. The largest absolute Gasteiger partial charge is 0.374 e. The number of fused-ring (bicyclic) bond motifs is 1. The average Bonchev–Trinajstić information content (AvgIpc) is 2.86. The van der Waals surface area contributed by atoms with E-state index in [-0.39, 0.29) is 36.4 Å². The van der Waals surface area contributed by atoms with Gasteiger partial charge in [0.2, 0.25) is 0 Å². The molecule has 0 saturated carbocycles. The van der Waals surface area contributed by atoms with Crippen molar-refractivity contribution < 1.29 is 21.9 Å². The van der Waals surface area contributed by atoms with Crippen molar-refractivity contribution in [2.75, 3.05) is 34.9 Å². The lowest BCUT2D eigenvalue weighted by atomic mass is 10.2. The van der Waals surface area contributed by atoms with Crippen LogP contribution in [0.3, 0.4) is 0 Å². The molecule has 2 aromatic carbocycles. The van der Waals surface area contributed by atoms with Gasteiger partial charge < -0.3 is 10.1 Å². The van der Waals surface area contributed by atoms with Gasteiger partial charge in [-0.3, -0.25) is 0 Å². The fourth-order valence-electron chi connectivity index (χ4n) is 3.21. The van der Waals surface area contributed by atoms with Gasteiger partial charge >= 0.3 is 10.2 Å². The molecule has 1 atom stereocenters. The van der Waals surface area contributed by atoms with Gasteiger partial charge in [-0.2, -0.15) is 8.42 Å². The molecule has 10 heteroatoms. The smallest absolute Gasteiger partial charge is 0.331 e. The van der Waals surface area contributed by atoms with Crippen LogP contribution in [-0.4, -0.2) is 40.8 Å². The Kier molecular flexibility index (Phi) is 5.57. The van der Waals surface area contributed by atoms with Crippen LogP contribution >= 0.6 is 12.4 Å².